The second-order valence-corrected chi connectivity index (χ2v) is 7.93. The molecule has 0 N–H and O–H groups in total. The Morgan fingerprint density at radius 3 is 2.13 bits per heavy atom. The minimum atomic E-state index is -0.798. The molecule has 5 nitrogen and oxygen atoms in total. The van der Waals surface area contributed by atoms with E-state index >= 15 is 0 Å². The number of esters is 1. The third-order valence-corrected chi connectivity index (χ3v) is 6.21. The number of nitriles is 1. The first-order valence-corrected chi connectivity index (χ1v) is 10.3. The van der Waals surface area contributed by atoms with Crippen LogP contribution in [0.25, 0.3) is 21.5 Å². The maximum atomic E-state index is 13.1. The van der Waals surface area contributed by atoms with E-state index in [2.05, 4.69) is 6.07 Å². The third-order valence-electron chi connectivity index (χ3n) is 6.21. The number of nitrogens with zero attached hydrogens (tertiary/aromatic N) is 2. The van der Waals surface area contributed by atoms with Gasteiger partial charge in [-0.3, -0.25) is 4.79 Å². The number of amides is 1. The maximum absolute atomic E-state index is 13.1. The monoisotopic (exact) mass is 400 g/mol. The lowest BCUT2D eigenvalue weighted by molar-refractivity contribution is -0.138. The molecule has 1 amide bonds. The molecular weight excluding hydrogens is 376 g/mol. The van der Waals surface area contributed by atoms with Crippen LogP contribution in [0.5, 0.6) is 0 Å². The molecule has 1 fully saturated rings. The Kier molecular flexibility index (Phi) is 5.41. The van der Waals surface area contributed by atoms with E-state index in [1.54, 1.807) is 7.05 Å². The fraction of sp³-hybridized carbons (Fsp3) is 0.320. The van der Waals surface area contributed by atoms with E-state index in [-0.39, 0.29) is 12.5 Å². The van der Waals surface area contributed by atoms with Gasteiger partial charge in [0.2, 0.25) is 0 Å². The van der Waals surface area contributed by atoms with Crippen molar-refractivity contribution in [3.8, 4) is 6.07 Å². The van der Waals surface area contributed by atoms with E-state index in [1.165, 1.54) is 4.90 Å². The average molecular weight is 400 g/mol. The van der Waals surface area contributed by atoms with Crippen LogP contribution in [0.1, 0.15) is 42.5 Å². The molecule has 3 aromatic rings. The first kappa shape index (κ1) is 19.9. The zero-order chi connectivity index (χ0) is 21.1. The molecule has 30 heavy (non-hydrogen) atoms. The minimum absolute atomic E-state index is 0.351. The van der Waals surface area contributed by atoms with Gasteiger partial charge in [-0.25, -0.2) is 4.79 Å². The van der Waals surface area contributed by atoms with E-state index in [1.807, 2.05) is 54.6 Å². The van der Waals surface area contributed by atoms with Crippen LogP contribution in [-0.2, 0) is 9.53 Å². The molecule has 1 aliphatic rings. The highest BCUT2D eigenvalue weighted by atomic mass is 16.5. The molecule has 0 saturated heterocycles. The highest BCUT2D eigenvalue weighted by Crippen LogP contribution is 2.33. The zero-order valence-corrected chi connectivity index (χ0v) is 17.1. The van der Waals surface area contributed by atoms with E-state index in [0.717, 1.165) is 40.8 Å². The Labute approximate surface area is 175 Å². The summed E-state index contributed by atoms with van der Waals surface area (Å²) >= 11 is 0. The molecule has 5 heteroatoms. The number of rotatable bonds is 4. The van der Waals surface area contributed by atoms with Gasteiger partial charge in [-0.05, 0) is 40.5 Å². The van der Waals surface area contributed by atoms with Crippen molar-refractivity contribution >= 4 is 33.4 Å². The SMILES string of the molecule is CN(C(=O)COC(=O)c1c2ccccc2cc2ccccc12)C1(C#N)CCCCC1. The standard InChI is InChI=1S/C25H24N2O3/c1-27(25(17-26)13-7-2-8-14-25)22(28)16-30-24(29)23-20-11-5-3-9-18(20)15-19-10-4-6-12-21(19)23/h3-6,9-12,15H,2,7-8,13-14,16H2,1H3. The summed E-state index contributed by atoms with van der Waals surface area (Å²) in [5.74, 6) is -0.879. The number of fused-ring (bicyclic) bond motifs is 2. The normalized spacial score (nSPS) is 15.5. The Morgan fingerprint density at radius 1 is 1.00 bits per heavy atom. The Morgan fingerprint density at radius 2 is 1.57 bits per heavy atom. The van der Waals surface area contributed by atoms with Crippen molar-refractivity contribution in [3.63, 3.8) is 0 Å². The zero-order valence-electron chi connectivity index (χ0n) is 17.1. The van der Waals surface area contributed by atoms with Gasteiger partial charge in [0.1, 0.15) is 5.54 Å². The third kappa shape index (κ3) is 3.50. The molecule has 152 valence electrons. The van der Waals surface area contributed by atoms with Crippen molar-refractivity contribution in [2.45, 2.75) is 37.6 Å². The number of ether oxygens (including phenoxy) is 1. The lowest BCUT2D eigenvalue weighted by atomic mass is 9.81. The molecule has 0 radical (unpaired) electrons. The first-order valence-electron chi connectivity index (χ1n) is 10.3. The average Bonchev–Trinajstić information content (AvgIpc) is 2.80. The van der Waals surface area contributed by atoms with Gasteiger partial charge in [0.05, 0.1) is 11.6 Å². The largest absolute Gasteiger partial charge is 0.452 e. The van der Waals surface area contributed by atoms with E-state index in [9.17, 15) is 14.9 Å². The molecular formula is C25H24N2O3. The van der Waals surface area contributed by atoms with Crippen molar-refractivity contribution in [2.24, 2.45) is 0 Å². The highest BCUT2D eigenvalue weighted by molar-refractivity contribution is 6.16. The second kappa shape index (κ2) is 8.16. The van der Waals surface area contributed by atoms with Gasteiger partial charge in [-0.2, -0.15) is 5.26 Å². The fourth-order valence-electron chi connectivity index (χ4n) is 4.43. The van der Waals surface area contributed by atoms with Crippen molar-refractivity contribution in [2.75, 3.05) is 13.7 Å². The Bertz CT molecular complexity index is 1100. The number of hydrogen-bond donors (Lipinski definition) is 0. The summed E-state index contributed by atoms with van der Waals surface area (Å²) in [4.78, 5) is 27.3. The number of benzene rings is 3. The summed E-state index contributed by atoms with van der Waals surface area (Å²) < 4.78 is 5.47. The van der Waals surface area contributed by atoms with Gasteiger partial charge >= 0.3 is 5.97 Å². The van der Waals surface area contributed by atoms with Crippen molar-refractivity contribution in [3.05, 3.63) is 60.2 Å². The lowest BCUT2D eigenvalue weighted by Crippen LogP contribution is -2.51. The van der Waals surface area contributed by atoms with Crippen molar-refractivity contribution in [1.82, 2.24) is 4.90 Å². The molecule has 1 aliphatic carbocycles. The quantitative estimate of drug-likeness (QED) is 0.464. The van der Waals surface area contributed by atoms with Gasteiger partial charge in [0, 0.05) is 7.05 Å². The minimum Gasteiger partial charge on any atom is -0.452 e. The predicted molar refractivity (Wildman–Crippen MR) is 116 cm³/mol. The molecule has 0 aromatic heterocycles. The van der Waals surface area contributed by atoms with Gasteiger partial charge in [-0.15, -0.1) is 0 Å². The summed E-state index contributed by atoms with van der Waals surface area (Å²) in [6.45, 7) is -0.379. The van der Waals surface area contributed by atoms with Crippen LogP contribution in [-0.4, -0.2) is 36.0 Å². The molecule has 0 heterocycles. The van der Waals surface area contributed by atoms with E-state index in [0.29, 0.717) is 18.4 Å². The molecule has 0 atom stereocenters. The van der Waals surface area contributed by atoms with Crippen LogP contribution in [0.2, 0.25) is 0 Å². The molecule has 0 spiro atoms. The van der Waals surface area contributed by atoms with Crippen LogP contribution in [0.4, 0.5) is 0 Å². The van der Waals surface area contributed by atoms with Crippen LogP contribution in [0.15, 0.2) is 54.6 Å². The highest BCUT2D eigenvalue weighted by Gasteiger charge is 2.39. The Balaban J connectivity index is 1.59. The molecule has 0 aliphatic heterocycles. The van der Waals surface area contributed by atoms with Crippen molar-refractivity contribution < 1.29 is 14.3 Å². The molecule has 1 saturated carbocycles. The topological polar surface area (TPSA) is 70.4 Å². The number of carbonyl (C=O) groups is 2. The van der Waals surface area contributed by atoms with E-state index < -0.39 is 11.5 Å². The predicted octanol–water partition coefficient (Wildman–Crippen LogP) is 4.83. The smallest absolute Gasteiger partial charge is 0.339 e. The van der Waals surface area contributed by atoms with Crippen LogP contribution in [0.3, 0.4) is 0 Å². The van der Waals surface area contributed by atoms with Gasteiger partial charge in [0.25, 0.3) is 5.91 Å². The maximum Gasteiger partial charge on any atom is 0.339 e. The van der Waals surface area contributed by atoms with E-state index in [4.69, 9.17) is 4.74 Å². The summed E-state index contributed by atoms with van der Waals surface area (Å²) in [6, 6.07) is 19.7. The number of carbonyl (C=O) groups excluding carboxylic acids is 2. The van der Waals surface area contributed by atoms with Gasteiger partial charge in [-0.1, -0.05) is 67.8 Å². The molecule has 4 rings (SSSR count). The number of hydrogen-bond acceptors (Lipinski definition) is 4. The summed E-state index contributed by atoms with van der Waals surface area (Å²) in [7, 11) is 1.64. The molecule has 0 unspecified atom stereocenters. The fourth-order valence-corrected chi connectivity index (χ4v) is 4.43. The molecule has 3 aromatic carbocycles. The second-order valence-electron chi connectivity index (χ2n) is 7.93. The first-order chi connectivity index (χ1) is 14.6. The van der Waals surface area contributed by atoms with Crippen LogP contribution < -0.4 is 0 Å². The lowest BCUT2D eigenvalue weighted by Gasteiger charge is -2.38. The Hall–Kier alpha value is -3.39. The number of likely N-dealkylation sites (N-methyl/N-ethyl adjacent to an activating group) is 1. The van der Waals surface area contributed by atoms with Crippen LogP contribution >= 0.6 is 0 Å². The summed E-state index contributed by atoms with van der Waals surface area (Å²) in [5, 5.41) is 13.2. The summed E-state index contributed by atoms with van der Waals surface area (Å²) in [5.41, 5.74) is -0.333. The van der Waals surface area contributed by atoms with Crippen molar-refractivity contribution in [1.29, 1.82) is 5.26 Å². The summed E-state index contributed by atoms with van der Waals surface area (Å²) in [6.07, 6.45) is 4.25. The molecule has 0 bridgehead atoms. The van der Waals surface area contributed by atoms with Gasteiger partial charge in [0.15, 0.2) is 6.61 Å². The van der Waals surface area contributed by atoms with Gasteiger partial charge < -0.3 is 9.64 Å². The van der Waals surface area contributed by atoms with Crippen LogP contribution in [0, 0.1) is 11.3 Å².